The molecule has 4 nitrogen and oxygen atoms in total. The number of aromatic nitrogens is 3. The molecular weight excluding hydrogens is 220 g/mol. The Labute approximate surface area is 102 Å². The molecule has 90 valence electrons. The van der Waals surface area contributed by atoms with E-state index in [0.717, 1.165) is 24.4 Å². The fourth-order valence-corrected chi connectivity index (χ4v) is 1.77. The van der Waals surface area contributed by atoms with Crippen molar-refractivity contribution in [1.29, 1.82) is 0 Å². The van der Waals surface area contributed by atoms with Crippen LogP contribution in [0.4, 0.5) is 5.95 Å². The second-order valence-corrected chi connectivity index (χ2v) is 4.77. The van der Waals surface area contributed by atoms with Crippen molar-refractivity contribution in [1.82, 2.24) is 15.2 Å². The average Bonchev–Trinajstić information content (AvgIpc) is 2.28. The van der Waals surface area contributed by atoms with Crippen LogP contribution in [0.1, 0.15) is 30.7 Å². The van der Waals surface area contributed by atoms with Gasteiger partial charge in [0, 0.05) is 6.54 Å². The fraction of sp³-hybridized carbons (Fsp3) is 0.727. The molecular formula is C11H20N4S. The molecule has 0 bridgehead atoms. The number of hydrogen-bond donors (Lipinski definition) is 1. The van der Waals surface area contributed by atoms with E-state index in [-0.39, 0.29) is 0 Å². The van der Waals surface area contributed by atoms with Gasteiger partial charge in [0.25, 0.3) is 0 Å². The van der Waals surface area contributed by atoms with Crippen LogP contribution in [0.2, 0.25) is 0 Å². The first-order valence-corrected chi connectivity index (χ1v) is 7.04. The molecule has 1 rings (SSSR count). The van der Waals surface area contributed by atoms with Crippen molar-refractivity contribution in [2.45, 2.75) is 33.1 Å². The van der Waals surface area contributed by atoms with E-state index in [9.17, 15) is 0 Å². The molecule has 0 atom stereocenters. The van der Waals surface area contributed by atoms with Crippen molar-refractivity contribution in [3.63, 3.8) is 0 Å². The smallest absolute Gasteiger partial charge is 0.242 e. The van der Waals surface area contributed by atoms with E-state index < -0.39 is 0 Å². The molecule has 5 heteroatoms. The zero-order valence-corrected chi connectivity index (χ0v) is 11.1. The van der Waals surface area contributed by atoms with Gasteiger partial charge in [-0.3, -0.25) is 0 Å². The molecule has 0 radical (unpaired) electrons. The Kier molecular flexibility index (Phi) is 6.15. The molecule has 0 saturated heterocycles. The SMILES string of the molecule is CSCCCCCNc1nnc(C)c(C)n1. The number of hydrogen-bond acceptors (Lipinski definition) is 5. The summed E-state index contributed by atoms with van der Waals surface area (Å²) < 4.78 is 0. The third-order valence-electron chi connectivity index (χ3n) is 2.40. The van der Waals surface area contributed by atoms with Gasteiger partial charge in [-0.25, -0.2) is 4.98 Å². The first kappa shape index (κ1) is 13.2. The Hall–Kier alpha value is -0.840. The summed E-state index contributed by atoms with van der Waals surface area (Å²) in [7, 11) is 0. The van der Waals surface area contributed by atoms with Crippen LogP contribution in [0.25, 0.3) is 0 Å². The van der Waals surface area contributed by atoms with Gasteiger partial charge in [-0.15, -0.1) is 5.10 Å². The maximum absolute atomic E-state index is 4.32. The molecule has 16 heavy (non-hydrogen) atoms. The molecule has 0 fully saturated rings. The van der Waals surface area contributed by atoms with Crippen molar-refractivity contribution in [2.24, 2.45) is 0 Å². The number of anilines is 1. The first-order chi connectivity index (χ1) is 7.74. The highest BCUT2D eigenvalue weighted by atomic mass is 32.2. The molecule has 0 aliphatic heterocycles. The van der Waals surface area contributed by atoms with E-state index >= 15 is 0 Å². The van der Waals surface area contributed by atoms with Crippen LogP contribution in [-0.4, -0.2) is 33.7 Å². The van der Waals surface area contributed by atoms with Gasteiger partial charge in [0.15, 0.2) is 0 Å². The normalized spacial score (nSPS) is 10.4. The maximum atomic E-state index is 4.32. The molecule has 0 aliphatic carbocycles. The third kappa shape index (κ3) is 4.79. The number of unbranched alkanes of at least 4 members (excludes halogenated alkanes) is 2. The van der Waals surface area contributed by atoms with Crippen molar-refractivity contribution >= 4 is 17.7 Å². The molecule has 0 unspecified atom stereocenters. The van der Waals surface area contributed by atoms with Crippen molar-refractivity contribution in [3.05, 3.63) is 11.4 Å². The summed E-state index contributed by atoms with van der Waals surface area (Å²) in [4.78, 5) is 4.32. The third-order valence-corrected chi connectivity index (χ3v) is 3.10. The summed E-state index contributed by atoms with van der Waals surface area (Å²) in [6, 6.07) is 0. The van der Waals surface area contributed by atoms with Crippen LogP contribution in [0, 0.1) is 13.8 Å². The molecule has 0 amide bonds. The van der Waals surface area contributed by atoms with Gasteiger partial charge >= 0.3 is 0 Å². The zero-order valence-electron chi connectivity index (χ0n) is 10.3. The Balaban J connectivity index is 2.19. The maximum Gasteiger partial charge on any atom is 0.242 e. The standard InChI is InChI=1S/C11H20N4S/c1-9-10(2)14-15-11(13-9)12-7-5-4-6-8-16-3/h4-8H2,1-3H3,(H,12,13,15). The van der Waals surface area contributed by atoms with Crippen LogP contribution >= 0.6 is 11.8 Å². The van der Waals surface area contributed by atoms with Crippen molar-refractivity contribution in [3.8, 4) is 0 Å². The van der Waals surface area contributed by atoms with E-state index in [4.69, 9.17) is 0 Å². The number of thioether (sulfide) groups is 1. The Morgan fingerprint density at radius 3 is 2.56 bits per heavy atom. The van der Waals surface area contributed by atoms with Gasteiger partial charge in [0.1, 0.15) is 0 Å². The van der Waals surface area contributed by atoms with E-state index in [1.54, 1.807) is 0 Å². The lowest BCUT2D eigenvalue weighted by molar-refractivity contribution is 0.742. The highest BCUT2D eigenvalue weighted by Crippen LogP contribution is 2.04. The molecule has 1 aromatic heterocycles. The molecule has 0 aromatic carbocycles. The lowest BCUT2D eigenvalue weighted by Gasteiger charge is -2.05. The summed E-state index contributed by atoms with van der Waals surface area (Å²) in [6.45, 7) is 4.80. The second kappa shape index (κ2) is 7.44. The van der Waals surface area contributed by atoms with E-state index in [0.29, 0.717) is 5.95 Å². The van der Waals surface area contributed by atoms with Gasteiger partial charge in [0.05, 0.1) is 11.4 Å². The van der Waals surface area contributed by atoms with Gasteiger partial charge < -0.3 is 5.32 Å². The van der Waals surface area contributed by atoms with Crippen LogP contribution in [0.3, 0.4) is 0 Å². The number of rotatable bonds is 7. The quantitative estimate of drug-likeness (QED) is 0.742. The summed E-state index contributed by atoms with van der Waals surface area (Å²) in [5, 5.41) is 11.2. The summed E-state index contributed by atoms with van der Waals surface area (Å²) in [5.41, 5.74) is 1.84. The van der Waals surface area contributed by atoms with Gasteiger partial charge in [-0.05, 0) is 38.7 Å². The van der Waals surface area contributed by atoms with Gasteiger partial charge in [-0.2, -0.15) is 16.9 Å². The molecule has 1 heterocycles. The van der Waals surface area contributed by atoms with Crippen molar-refractivity contribution in [2.75, 3.05) is 23.9 Å². The second-order valence-electron chi connectivity index (χ2n) is 3.79. The molecule has 0 spiro atoms. The summed E-state index contributed by atoms with van der Waals surface area (Å²) in [6.07, 6.45) is 5.85. The molecule has 1 N–H and O–H groups in total. The fourth-order valence-electron chi connectivity index (χ4n) is 1.28. The topological polar surface area (TPSA) is 50.7 Å². The average molecular weight is 240 g/mol. The summed E-state index contributed by atoms with van der Waals surface area (Å²) >= 11 is 1.90. The highest BCUT2D eigenvalue weighted by molar-refractivity contribution is 7.98. The van der Waals surface area contributed by atoms with E-state index in [1.807, 2.05) is 25.6 Å². The Bertz CT molecular complexity index is 317. The van der Waals surface area contributed by atoms with Crippen LogP contribution in [-0.2, 0) is 0 Å². The molecule has 0 aliphatic rings. The highest BCUT2D eigenvalue weighted by Gasteiger charge is 1.99. The number of nitrogens with one attached hydrogen (secondary N) is 1. The van der Waals surface area contributed by atoms with Crippen molar-refractivity contribution < 1.29 is 0 Å². The predicted molar refractivity (Wildman–Crippen MR) is 70.0 cm³/mol. The summed E-state index contributed by atoms with van der Waals surface area (Å²) in [5.74, 6) is 1.90. The minimum Gasteiger partial charge on any atom is -0.353 e. The predicted octanol–water partition coefficient (Wildman–Crippen LogP) is 2.43. The molecule has 1 aromatic rings. The molecule has 0 saturated carbocycles. The number of aryl methyl sites for hydroxylation is 2. The zero-order chi connectivity index (χ0) is 11.8. The van der Waals surface area contributed by atoms with Crippen LogP contribution in [0.5, 0.6) is 0 Å². The van der Waals surface area contributed by atoms with Crippen LogP contribution < -0.4 is 5.32 Å². The minimum absolute atomic E-state index is 0.646. The monoisotopic (exact) mass is 240 g/mol. The first-order valence-electron chi connectivity index (χ1n) is 5.64. The van der Waals surface area contributed by atoms with Crippen LogP contribution in [0.15, 0.2) is 0 Å². The Morgan fingerprint density at radius 2 is 1.88 bits per heavy atom. The van der Waals surface area contributed by atoms with E-state index in [2.05, 4.69) is 26.8 Å². The number of nitrogens with zero attached hydrogens (tertiary/aromatic N) is 3. The lowest BCUT2D eigenvalue weighted by Crippen LogP contribution is -2.08. The Morgan fingerprint density at radius 1 is 1.06 bits per heavy atom. The largest absolute Gasteiger partial charge is 0.353 e. The lowest BCUT2D eigenvalue weighted by atomic mass is 10.2. The van der Waals surface area contributed by atoms with E-state index in [1.165, 1.54) is 18.6 Å². The van der Waals surface area contributed by atoms with Gasteiger partial charge in [0.2, 0.25) is 5.95 Å². The minimum atomic E-state index is 0.646. The van der Waals surface area contributed by atoms with Gasteiger partial charge in [-0.1, -0.05) is 6.42 Å².